The van der Waals surface area contributed by atoms with Crippen LogP contribution in [0.4, 0.5) is 17.1 Å². The summed E-state index contributed by atoms with van der Waals surface area (Å²) in [5, 5.41) is 14.5. The summed E-state index contributed by atoms with van der Waals surface area (Å²) in [6.45, 7) is 1.86. The van der Waals surface area contributed by atoms with Crippen LogP contribution in [0.15, 0.2) is 96.0 Å². The van der Waals surface area contributed by atoms with Crippen LogP contribution in [-0.4, -0.2) is 34.9 Å². The van der Waals surface area contributed by atoms with Crippen molar-refractivity contribution in [3.63, 3.8) is 0 Å². The van der Waals surface area contributed by atoms with Crippen molar-refractivity contribution in [2.24, 2.45) is 4.99 Å². The number of hydrogen-bond donors (Lipinski definition) is 3. The molecule has 0 saturated carbocycles. The summed E-state index contributed by atoms with van der Waals surface area (Å²) >= 11 is 0. The minimum Gasteiger partial charge on any atom is -0.481 e. The minimum absolute atomic E-state index is 0.127. The second kappa shape index (κ2) is 12.4. The summed E-state index contributed by atoms with van der Waals surface area (Å²) in [7, 11) is 0. The molecule has 0 bridgehead atoms. The Balaban J connectivity index is 1.27. The number of anilines is 2. The normalized spacial score (nSPS) is 13.9. The molecule has 0 spiro atoms. The van der Waals surface area contributed by atoms with Gasteiger partial charge in [0.05, 0.1) is 5.69 Å². The average molecular weight is 560 g/mol. The Morgan fingerprint density at radius 1 is 0.929 bits per heavy atom. The van der Waals surface area contributed by atoms with Gasteiger partial charge in [-0.2, -0.15) is 0 Å². The number of ketones is 1. The first-order valence-corrected chi connectivity index (χ1v) is 13.6. The average Bonchev–Trinajstić information content (AvgIpc) is 3.30. The number of hydrogen-bond acceptors (Lipinski definition) is 5. The lowest BCUT2D eigenvalue weighted by atomic mass is 9.97. The molecule has 210 valence electrons. The van der Waals surface area contributed by atoms with Crippen LogP contribution in [0.2, 0.25) is 0 Å². The largest absolute Gasteiger partial charge is 0.481 e. The molecule has 8 nitrogen and oxygen atoms in total. The quantitative estimate of drug-likeness (QED) is 0.155. The van der Waals surface area contributed by atoms with E-state index in [2.05, 4.69) is 15.6 Å². The van der Waals surface area contributed by atoms with Crippen LogP contribution < -0.4 is 10.6 Å². The Kier molecular flexibility index (Phi) is 8.34. The number of carbonyl (C=O) groups excluding carboxylic acids is 3. The van der Waals surface area contributed by atoms with E-state index in [4.69, 9.17) is 5.11 Å². The van der Waals surface area contributed by atoms with Gasteiger partial charge in [-0.05, 0) is 72.9 Å². The summed E-state index contributed by atoms with van der Waals surface area (Å²) in [4.78, 5) is 54.0. The zero-order valence-corrected chi connectivity index (χ0v) is 23.0. The maximum Gasteiger partial charge on any atom is 0.303 e. The maximum absolute atomic E-state index is 13.3. The second-order valence-electron chi connectivity index (χ2n) is 10.1. The molecule has 2 amide bonds. The van der Waals surface area contributed by atoms with Gasteiger partial charge < -0.3 is 15.7 Å². The molecule has 1 atom stereocenters. The fourth-order valence-corrected chi connectivity index (χ4v) is 4.86. The number of fused-ring (bicyclic) bond motifs is 1. The molecular formula is C34H29N3O5. The highest BCUT2D eigenvalue weighted by atomic mass is 16.4. The first-order valence-electron chi connectivity index (χ1n) is 13.6. The number of carboxylic acid groups (broad SMARTS) is 1. The zero-order chi connectivity index (χ0) is 29.6. The molecule has 1 aliphatic heterocycles. The van der Waals surface area contributed by atoms with E-state index in [1.165, 1.54) is 0 Å². The monoisotopic (exact) mass is 559 g/mol. The first kappa shape index (κ1) is 28.2. The maximum atomic E-state index is 13.3. The van der Waals surface area contributed by atoms with Crippen molar-refractivity contribution in [1.82, 2.24) is 0 Å². The summed E-state index contributed by atoms with van der Waals surface area (Å²) in [5.41, 5.74) is 5.73. The zero-order valence-electron chi connectivity index (χ0n) is 23.0. The van der Waals surface area contributed by atoms with Gasteiger partial charge in [0.1, 0.15) is 5.92 Å². The number of aryl methyl sites for hydroxylation is 2. The number of nitrogens with one attached hydrogen (secondary N) is 2. The van der Waals surface area contributed by atoms with Crippen LogP contribution in [0.3, 0.4) is 0 Å². The van der Waals surface area contributed by atoms with E-state index in [0.29, 0.717) is 46.6 Å². The van der Waals surface area contributed by atoms with Gasteiger partial charge in [-0.1, -0.05) is 54.6 Å². The molecule has 3 N–H and O–H groups in total. The summed E-state index contributed by atoms with van der Waals surface area (Å²) in [6, 6.07) is 26.6. The number of amides is 2. The van der Waals surface area contributed by atoms with Crippen molar-refractivity contribution in [2.75, 3.05) is 10.6 Å². The van der Waals surface area contributed by atoms with Crippen molar-refractivity contribution in [1.29, 1.82) is 0 Å². The van der Waals surface area contributed by atoms with Gasteiger partial charge in [0.2, 0.25) is 5.91 Å². The standard InChI is InChI=1S/C34H29N3O5/c1-21-6-2-3-10-27(21)33(41)36-26-9-5-8-23(18-26)32(40)24-14-17-28-29(34(42)37-30(28)19-24)20-35-25-15-12-22(13-16-25)7-4-11-31(38)39/h2-3,5-6,8-10,12-20,29H,4,7,11H2,1H3,(H,36,41)(H,37,42)(H,38,39). The lowest BCUT2D eigenvalue weighted by Gasteiger charge is -2.10. The third kappa shape index (κ3) is 6.50. The van der Waals surface area contributed by atoms with E-state index >= 15 is 0 Å². The van der Waals surface area contributed by atoms with Crippen LogP contribution in [0.1, 0.15) is 61.7 Å². The lowest BCUT2D eigenvalue weighted by molar-refractivity contribution is -0.137. The highest BCUT2D eigenvalue weighted by Gasteiger charge is 2.30. The Morgan fingerprint density at radius 3 is 2.45 bits per heavy atom. The second-order valence-corrected chi connectivity index (χ2v) is 10.1. The lowest BCUT2D eigenvalue weighted by Crippen LogP contribution is -2.13. The molecule has 1 heterocycles. The van der Waals surface area contributed by atoms with Crippen molar-refractivity contribution in [2.45, 2.75) is 32.1 Å². The van der Waals surface area contributed by atoms with Crippen LogP contribution in [0.5, 0.6) is 0 Å². The van der Waals surface area contributed by atoms with Crippen molar-refractivity contribution in [3.05, 3.63) is 124 Å². The van der Waals surface area contributed by atoms with Crippen LogP contribution in [-0.2, 0) is 16.0 Å². The molecule has 1 unspecified atom stereocenters. The van der Waals surface area contributed by atoms with E-state index in [0.717, 1.165) is 16.7 Å². The summed E-state index contributed by atoms with van der Waals surface area (Å²) in [6.07, 6.45) is 2.95. The Hall–Kier alpha value is -5.37. The number of carbonyl (C=O) groups is 4. The highest BCUT2D eigenvalue weighted by Crippen LogP contribution is 2.33. The molecule has 1 aliphatic rings. The topological polar surface area (TPSA) is 125 Å². The van der Waals surface area contributed by atoms with E-state index in [9.17, 15) is 19.2 Å². The fourth-order valence-electron chi connectivity index (χ4n) is 4.86. The molecule has 42 heavy (non-hydrogen) atoms. The molecule has 0 fully saturated rings. The third-order valence-corrected chi connectivity index (χ3v) is 7.13. The van der Waals surface area contributed by atoms with E-state index in [1.807, 2.05) is 43.3 Å². The Labute approximate surface area is 243 Å². The molecular weight excluding hydrogens is 530 g/mol. The van der Waals surface area contributed by atoms with Gasteiger partial charge in [-0.25, -0.2) is 0 Å². The summed E-state index contributed by atoms with van der Waals surface area (Å²) < 4.78 is 0. The Morgan fingerprint density at radius 2 is 1.69 bits per heavy atom. The predicted molar refractivity (Wildman–Crippen MR) is 162 cm³/mol. The van der Waals surface area contributed by atoms with E-state index in [-0.39, 0.29) is 24.0 Å². The number of aliphatic carboxylic acids is 1. The number of carboxylic acids is 1. The molecule has 0 aliphatic carbocycles. The van der Waals surface area contributed by atoms with Crippen molar-refractivity contribution < 1.29 is 24.3 Å². The molecule has 5 rings (SSSR count). The minimum atomic E-state index is -0.809. The van der Waals surface area contributed by atoms with Crippen LogP contribution in [0.25, 0.3) is 0 Å². The number of benzene rings is 4. The van der Waals surface area contributed by atoms with Gasteiger partial charge in [0, 0.05) is 40.7 Å². The van der Waals surface area contributed by atoms with Crippen molar-refractivity contribution in [3.8, 4) is 0 Å². The molecule has 8 heteroatoms. The summed E-state index contributed by atoms with van der Waals surface area (Å²) in [5.74, 6) is -2.13. The number of aliphatic imine (C=N–C) groups is 1. The predicted octanol–water partition coefficient (Wildman–Crippen LogP) is 6.32. The van der Waals surface area contributed by atoms with Gasteiger partial charge in [-0.3, -0.25) is 24.2 Å². The smallest absolute Gasteiger partial charge is 0.303 e. The third-order valence-electron chi connectivity index (χ3n) is 7.13. The highest BCUT2D eigenvalue weighted by molar-refractivity contribution is 6.15. The van der Waals surface area contributed by atoms with Gasteiger partial charge in [-0.15, -0.1) is 0 Å². The van der Waals surface area contributed by atoms with Gasteiger partial charge >= 0.3 is 5.97 Å². The Bertz CT molecular complexity index is 1710. The van der Waals surface area contributed by atoms with Crippen molar-refractivity contribution >= 4 is 46.8 Å². The number of rotatable bonds is 10. The van der Waals surface area contributed by atoms with E-state index in [1.54, 1.807) is 60.8 Å². The molecule has 4 aromatic carbocycles. The molecule has 4 aromatic rings. The molecule has 0 aromatic heterocycles. The van der Waals surface area contributed by atoms with Gasteiger partial charge in [0.15, 0.2) is 5.78 Å². The van der Waals surface area contributed by atoms with Crippen LogP contribution >= 0.6 is 0 Å². The number of nitrogens with zero attached hydrogens (tertiary/aromatic N) is 1. The van der Waals surface area contributed by atoms with E-state index < -0.39 is 11.9 Å². The molecule has 0 radical (unpaired) electrons. The SMILES string of the molecule is Cc1ccccc1C(=O)Nc1cccc(C(=O)c2ccc3c(c2)NC(=O)C3C=Nc2ccc(CCCC(=O)O)cc2)c1. The van der Waals surface area contributed by atoms with Crippen LogP contribution in [0, 0.1) is 6.92 Å². The first-order chi connectivity index (χ1) is 20.3. The van der Waals surface area contributed by atoms with Gasteiger partial charge in [0.25, 0.3) is 5.91 Å². The molecule has 0 saturated heterocycles. The fraction of sp³-hybridized carbons (Fsp3) is 0.147.